The average Bonchev–Trinajstić information content (AvgIpc) is 3.24. The first-order chi connectivity index (χ1) is 29.5. The van der Waals surface area contributed by atoms with Crippen molar-refractivity contribution in [2.75, 3.05) is 13.2 Å². The summed E-state index contributed by atoms with van der Waals surface area (Å²) in [5.41, 5.74) is 0. The predicted octanol–water partition coefficient (Wildman–Crippen LogP) is 15.6. The molecule has 0 saturated carbocycles. The molecule has 0 N–H and O–H groups in total. The van der Waals surface area contributed by atoms with Crippen LogP contribution in [-0.2, 0) is 28.6 Å². The number of carbonyl (C=O) groups is 3. The standard InChI is InChI=1S/C54H86O6/c1-4-7-10-13-16-19-22-25-27-30-32-35-38-41-44-47-53(56)59-50-51(49-58-52(55)46-43-40-37-34-31-28-24-21-18-15-12-9-6-3)60-54(57)48-45-42-39-36-33-29-26-23-20-17-14-11-8-5-2/h7-13,15-22,24-25,27,51H,4-6,14,23,26,28-50H2,1-3H3/b10-7+,11-8+,12-9+,16-13+,18-15+,20-17+,22-19+,24-21+,27-25+. The van der Waals surface area contributed by atoms with E-state index in [1.807, 2.05) is 24.3 Å². The van der Waals surface area contributed by atoms with Gasteiger partial charge in [-0.3, -0.25) is 14.4 Å². The normalized spacial score (nSPS) is 13.1. The number of allylic oxidation sites excluding steroid dienone is 18. The molecule has 0 fully saturated rings. The van der Waals surface area contributed by atoms with Crippen molar-refractivity contribution in [1.29, 1.82) is 0 Å². The van der Waals surface area contributed by atoms with Gasteiger partial charge in [-0.25, -0.2) is 0 Å². The molecule has 0 aliphatic heterocycles. The zero-order valence-corrected chi connectivity index (χ0v) is 38.4. The molecular formula is C54H86O6. The third-order valence-electron chi connectivity index (χ3n) is 9.66. The average molecular weight is 831 g/mol. The highest BCUT2D eigenvalue weighted by Crippen LogP contribution is 2.13. The molecule has 0 amide bonds. The van der Waals surface area contributed by atoms with E-state index < -0.39 is 6.10 Å². The maximum absolute atomic E-state index is 12.8. The summed E-state index contributed by atoms with van der Waals surface area (Å²) in [4.78, 5) is 37.9. The third kappa shape index (κ3) is 45.2. The molecule has 0 rings (SSSR count). The second-order valence-corrected chi connectivity index (χ2v) is 15.4. The Morgan fingerprint density at radius 2 is 0.683 bits per heavy atom. The molecule has 0 aliphatic carbocycles. The number of esters is 3. The van der Waals surface area contributed by atoms with Gasteiger partial charge in [0.1, 0.15) is 13.2 Å². The van der Waals surface area contributed by atoms with Crippen LogP contribution in [0.25, 0.3) is 0 Å². The lowest BCUT2D eigenvalue weighted by atomic mass is 10.1. The molecule has 6 heteroatoms. The molecule has 0 bridgehead atoms. The topological polar surface area (TPSA) is 78.9 Å². The Morgan fingerprint density at radius 3 is 1.12 bits per heavy atom. The van der Waals surface area contributed by atoms with Gasteiger partial charge in [0.15, 0.2) is 6.10 Å². The summed E-state index contributed by atoms with van der Waals surface area (Å²) in [7, 11) is 0. The molecule has 1 atom stereocenters. The van der Waals surface area contributed by atoms with Crippen LogP contribution in [0.4, 0.5) is 0 Å². The van der Waals surface area contributed by atoms with E-state index in [1.54, 1.807) is 0 Å². The maximum Gasteiger partial charge on any atom is 0.306 e. The molecule has 0 heterocycles. The first-order valence-electron chi connectivity index (χ1n) is 24.0. The van der Waals surface area contributed by atoms with Crippen LogP contribution in [0, 0.1) is 0 Å². The molecule has 338 valence electrons. The van der Waals surface area contributed by atoms with E-state index in [-0.39, 0.29) is 31.1 Å². The largest absolute Gasteiger partial charge is 0.462 e. The smallest absolute Gasteiger partial charge is 0.306 e. The molecule has 0 spiro atoms. The van der Waals surface area contributed by atoms with Gasteiger partial charge in [-0.15, -0.1) is 0 Å². The number of hydrogen-bond acceptors (Lipinski definition) is 6. The fourth-order valence-electron chi connectivity index (χ4n) is 6.14. The number of unbranched alkanes of at least 4 members (excludes halogenated alkanes) is 17. The van der Waals surface area contributed by atoms with Crippen LogP contribution < -0.4 is 0 Å². The minimum atomic E-state index is -0.801. The first kappa shape index (κ1) is 56.1. The summed E-state index contributed by atoms with van der Waals surface area (Å²) < 4.78 is 16.7. The van der Waals surface area contributed by atoms with Gasteiger partial charge in [0.05, 0.1) is 0 Å². The van der Waals surface area contributed by atoms with Gasteiger partial charge in [-0.2, -0.15) is 0 Å². The zero-order chi connectivity index (χ0) is 43.7. The SMILES string of the molecule is CC/C=C/C=C/C=C/C=C/CCCCCCCC(=O)OCC(COC(=O)CCCCCCC/C=C/C=C/C=C/CC)OC(=O)CCCCCCCCC/C=C/C/C=C/CC. The van der Waals surface area contributed by atoms with E-state index in [4.69, 9.17) is 14.2 Å². The first-order valence-corrected chi connectivity index (χ1v) is 24.0. The van der Waals surface area contributed by atoms with Crippen molar-refractivity contribution >= 4 is 17.9 Å². The molecule has 1 unspecified atom stereocenters. The molecule has 0 aromatic carbocycles. The van der Waals surface area contributed by atoms with Gasteiger partial charge in [0.2, 0.25) is 0 Å². The van der Waals surface area contributed by atoms with Crippen molar-refractivity contribution in [2.24, 2.45) is 0 Å². The molecule has 0 aliphatic rings. The number of carbonyl (C=O) groups excluding carboxylic acids is 3. The zero-order valence-electron chi connectivity index (χ0n) is 38.4. The second-order valence-electron chi connectivity index (χ2n) is 15.4. The Morgan fingerprint density at radius 1 is 0.350 bits per heavy atom. The van der Waals surface area contributed by atoms with E-state index in [9.17, 15) is 14.4 Å². The van der Waals surface area contributed by atoms with Crippen molar-refractivity contribution in [1.82, 2.24) is 0 Å². The summed E-state index contributed by atoms with van der Waals surface area (Å²) in [5, 5.41) is 0. The van der Waals surface area contributed by atoms with Gasteiger partial charge >= 0.3 is 17.9 Å². The number of ether oxygens (including phenoxy) is 3. The Balaban J connectivity index is 4.49. The van der Waals surface area contributed by atoms with Crippen LogP contribution in [0.1, 0.15) is 194 Å². The van der Waals surface area contributed by atoms with Gasteiger partial charge in [-0.05, 0) is 83.5 Å². The van der Waals surface area contributed by atoms with Crippen molar-refractivity contribution in [3.63, 3.8) is 0 Å². The number of hydrogen-bond donors (Lipinski definition) is 0. The summed E-state index contributed by atoms with van der Waals surface area (Å²) >= 11 is 0. The molecule has 0 aromatic rings. The van der Waals surface area contributed by atoms with Crippen LogP contribution in [0.2, 0.25) is 0 Å². The van der Waals surface area contributed by atoms with Crippen LogP contribution >= 0.6 is 0 Å². The molecule has 0 saturated heterocycles. The van der Waals surface area contributed by atoms with Gasteiger partial charge in [0.25, 0.3) is 0 Å². The fourth-order valence-corrected chi connectivity index (χ4v) is 6.14. The van der Waals surface area contributed by atoms with E-state index in [0.29, 0.717) is 19.3 Å². The van der Waals surface area contributed by atoms with Crippen LogP contribution in [-0.4, -0.2) is 37.2 Å². The molecule has 0 radical (unpaired) electrons. The quantitative estimate of drug-likeness (QED) is 0.0201. The summed E-state index contributed by atoms with van der Waals surface area (Å²) in [5.74, 6) is -0.962. The van der Waals surface area contributed by atoms with E-state index in [0.717, 1.165) is 128 Å². The Hall–Kier alpha value is -3.93. The van der Waals surface area contributed by atoms with Crippen LogP contribution in [0.15, 0.2) is 109 Å². The highest BCUT2D eigenvalue weighted by Gasteiger charge is 2.19. The minimum Gasteiger partial charge on any atom is -0.462 e. The maximum atomic E-state index is 12.8. The summed E-state index contributed by atoms with van der Waals surface area (Å²) in [6.07, 6.45) is 63.5. The summed E-state index contributed by atoms with van der Waals surface area (Å²) in [6.45, 7) is 6.19. The van der Waals surface area contributed by atoms with Crippen molar-refractivity contribution in [2.45, 2.75) is 200 Å². The van der Waals surface area contributed by atoms with Crippen molar-refractivity contribution in [3.05, 3.63) is 109 Å². The molecule has 6 nitrogen and oxygen atoms in total. The molecule has 0 aromatic heterocycles. The Kier molecular flexibility index (Phi) is 44.6. The summed E-state index contributed by atoms with van der Waals surface area (Å²) in [6, 6.07) is 0. The number of rotatable bonds is 41. The molecular weight excluding hydrogens is 745 g/mol. The fraction of sp³-hybridized carbons (Fsp3) is 0.611. The van der Waals surface area contributed by atoms with Gasteiger partial charge in [-0.1, -0.05) is 201 Å². The van der Waals surface area contributed by atoms with E-state index in [1.165, 1.54) is 25.7 Å². The lowest BCUT2D eigenvalue weighted by Gasteiger charge is -2.18. The van der Waals surface area contributed by atoms with E-state index in [2.05, 4.69) is 106 Å². The second kappa shape index (κ2) is 47.7. The van der Waals surface area contributed by atoms with Gasteiger partial charge < -0.3 is 14.2 Å². The Labute approximate surface area is 368 Å². The predicted molar refractivity (Wildman–Crippen MR) is 256 cm³/mol. The van der Waals surface area contributed by atoms with Crippen molar-refractivity contribution in [3.8, 4) is 0 Å². The monoisotopic (exact) mass is 831 g/mol. The minimum absolute atomic E-state index is 0.102. The van der Waals surface area contributed by atoms with Crippen LogP contribution in [0.3, 0.4) is 0 Å². The van der Waals surface area contributed by atoms with Gasteiger partial charge in [0, 0.05) is 19.3 Å². The highest BCUT2D eigenvalue weighted by molar-refractivity contribution is 5.71. The highest BCUT2D eigenvalue weighted by atomic mass is 16.6. The van der Waals surface area contributed by atoms with E-state index >= 15 is 0 Å². The lowest BCUT2D eigenvalue weighted by Crippen LogP contribution is -2.30. The third-order valence-corrected chi connectivity index (χ3v) is 9.66. The lowest BCUT2D eigenvalue weighted by molar-refractivity contribution is -0.167. The molecule has 60 heavy (non-hydrogen) atoms. The Bertz CT molecular complexity index is 1280. The van der Waals surface area contributed by atoms with Crippen LogP contribution in [0.5, 0.6) is 0 Å². The van der Waals surface area contributed by atoms with Crippen molar-refractivity contribution < 1.29 is 28.6 Å².